The van der Waals surface area contributed by atoms with Crippen LogP contribution in [0.15, 0.2) is 54.0 Å². The number of hydrogen-bond donors (Lipinski definition) is 1. The SMILES string of the molecule is C#CN1C(=O)/C(=C\c2ccc[nH]2)c2cc(-c3cccs3)ccc21. The van der Waals surface area contributed by atoms with Gasteiger partial charge in [0.05, 0.1) is 11.3 Å². The molecule has 0 radical (unpaired) electrons. The zero-order chi connectivity index (χ0) is 15.8. The number of nitrogens with one attached hydrogen (secondary N) is 1. The number of carbonyl (C=O) groups is 1. The standard InChI is InChI=1S/C19H12N2OS/c1-2-21-17-8-7-13(18-6-4-10-23-18)11-15(17)16(19(21)22)12-14-5-3-9-20-14/h1,3-12,20H/b16-12-. The Labute approximate surface area is 137 Å². The number of fused-ring (bicyclic) bond motifs is 1. The molecule has 3 nitrogen and oxygen atoms in total. The summed E-state index contributed by atoms with van der Waals surface area (Å²) in [6.07, 6.45) is 9.20. The number of thiophene rings is 1. The average molecular weight is 316 g/mol. The summed E-state index contributed by atoms with van der Waals surface area (Å²) in [5, 5.41) is 2.04. The summed E-state index contributed by atoms with van der Waals surface area (Å²) in [5.74, 6) is -0.166. The van der Waals surface area contributed by atoms with E-state index in [1.165, 1.54) is 9.78 Å². The normalized spacial score (nSPS) is 15.0. The van der Waals surface area contributed by atoms with Crippen LogP contribution in [-0.2, 0) is 4.79 Å². The minimum Gasteiger partial charge on any atom is -0.362 e. The van der Waals surface area contributed by atoms with Crippen molar-refractivity contribution in [1.82, 2.24) is 4.98 Å². The maximum Gasteiger partial charge on any atom is 0.270 e. The highest BCUT2D eigenvalue weighted by Crippen LogP contribution is 2.40. The summed E-state index contributed by atoms with van der Waals surface area (Å²) in [6, 6.07) is 16.3. The average Bonchev–Trinajstić information content (AvgIpc) is 3.30. The van der Waals surface area contributed by atoms with Crippen LogP contribution in [0.4, 0.5) is 5.69 Å². The third kappa shape index (κ3) is 2.19. The summed E-state index contributed by atoms with van der Waals surface area (Å²) in [4.78, 5) is 18.2. The van der Waals surface area contributed by atoms with Gasteiger partial charge in [-0.3, -0.25) is 4.79 Å². The number of amides is 1. The van der Waals surface area contributed by atoms with Crippen LogP contribution in [0.5, 0.6) is 0 Å². The first kappa shape index (κ1) is 13.6. The number of nitrogens with zero attached hydrogens (tertiary/aromatic N) is 1. The zero-order valence-corrected chi connectivity index (χ0v) is 12.9. The van der Waals surface area contributed by atoms with Crippen molar-refractivity contribution in [3.63, 3.8) is 0 Å². The van der Waals surface area contributed by atoms with E-state index >= 15 is 0 Å². The molecule has 1 N–H and O–H groups in total. The van der Waals surface area contributed by atoms with E-state index in [1.54, 1.807) is 11.3 Å². The summed E-state index contributed by atoms with van der Waals surface area (Å²) in [7, 11) is 0. The Bertz CT molecular complexity index is 944. The summed E-state index contributed by atoms with van der Waals surface area (Å²) in [6.45, 7) is 0. The molecule has 2 aromatic heterocycles. The summed E-state index contributed by atoms with van der Waals surface area (Å²) in [5.41, 5.74) is 4.20. The summed E-state index contributed by atoms with van der Waals surface area (Å²) >= 11 is 1.67. The molecule has 0 unspecified atom stereocenters. The molecule has 3 aromatic rings. The number of benzene rings is 1. The van der Waals surface area contributed by atoms with Crippen molar-refractivity contribution in [3.8, 4) is 22.9 Å². The van der Waals surface area contributed by atoms with E-state index in [0.717, 1.165) is 22.5 Å². The lowest BCUT2D eigenvalue weighted by atomic mass is 10.0. The fraction of sp³-hybridized carbons (Fsp3) is 0. The molecule has 1 aliphatic heterocycles. The van der Waals surface area contributed by atoms with Crippen molar-refractivity contribution in [2.45, 2.75) is 0 Å². The number of aromatic nitrogens is 1. The minimum absolute atomic E-state index is 0.166. The monoisotopic (exact) mass is 316 g/mol. The molecule has 1 aliphatic rings. The maximum absolute atomic E-state index is 12.6. The lowest BCUT2D eigenvalue weighted by Gasteiger charge is -2.07. The second-order valence-electron chi connectivity index (χ2n) is 5.16. The van der Waals surface area contributed by atoms with Gasteiger partial charge >= 0.3 is 0 Å². The fourth-order valence-electron chi connectivity index (χ4n) is 2.75. The minimum atomic E-state index is -0.166. The van der Waals surface area contributed by atoms with Gasteiger partial charge in [0.25, 0.3) is 5.91 Å². The van der Waals surface area contributed by atoms with Crippen molar-refractivity contribution in [2.75, 3.05) is 4.90 Å². The first-order valence-corrected chi connectivity index (χ1v) is 8.00. The Morgan fingerprint density at radius 2 is 2.13 bits per heavy atom. The van der Waals surface area contributed by atoms with Gasteiger partial charge in [-0.05, 0) is 47.4 Å². The number of anilines is 1. The second kappa shape index (κ2) is 5.31. The number of H-pyrrole nitrogens is 1. The van der Waals surface area contributed by atoms with Gasteiger partial charge in [0.15, 0.2) is 0 Å². The van der Waals surface area contributed by atoms with E-state index in [-0.39, 0.29) is 5.91 Å². The van der Waals surface area contributed by atoms with Crippen molar-refractivity contribution < 1.29 is 4.79 Å². The molecule has 0 bridgehead atoms. The van der Waals surface area contributed by atoms with Gasteiger partial charge in [-0.15, -0.1) is 11.3 Å². The third-order valence-corrected chi connectivity index (χ3v) is 4.74. The molecular weight excluding hydrogens is 304 g/mol. The quantitative estimate of drug-likeness (QED) is 0.557. The highest BCUT2D eigenvalue weighted by atomic mass is 32.1. The molecule has 4 heteroatoms. The first-order chi connectivity index (χ1) is 11.3. The molecule has 1 aromatic carbocycles. The van der Waals surface area contributed by atoms with Gasteiger partial charge in [0.1, 0.15) is 0 Å². The largest absolute Gasteiger partial charge is 0.362 e. The number of carbonyl (C=O) groups excluding carboxylic acids is 1. The van der Waals surface area contributed by atoms with Gasteiger partial charge in [-0.2, -0.15) is 0 Å². The van der Waals surface area contributed by atoms with Gasteiger partial charge in [-0.1, -0.05) is 18.6 Å². The Balaban J connectivity index is 1.90. The molecule has 110 valence electrons. The number of aromatic amines is 1. The smallest absolute Gasteiger partial charge is 0.270 e. The van der Waals surface area contributed by atoms with Gasteiger partial charge in [0.2, 0.25) is 0 Å². The second-order valence-corrected chi connectivity index (χ2v) is 6.11. The van der Waals surface area contributed by atoms with Crippen molar-refractivity contribution in [1.29, 1.82) is 0 Å². The van der Waals surface area contributed by atoms with Crippen LogP contribution in [0.3, 0.4) is 0 Å². The van der Waals surface area contributed by atoms with E-state index in [9.17, 15) is 4.79 Å². The number of rotatable bonds is 2. The van der Waals surface area contributed by atoms with Crippen LogP contribution in [-0.4, -0.2) is 10.9 Å². The van der Waals surface area contributed by atoms with Crippen LogP contribution in [0, 0.1) is 12.5 Å². The summed E-state index contributed by atoms with van der Waals surface area (Å²) < 4.78 is 0. The van der Waals surface area contributed by atoms with Crippen molar-refractivity contribution in [3.05, 3.63) is 65.3 Å². The molecular formula is C19H12N2OS. The Morgan fingerprint density at radius 1 is 1.22 bits per heavy atom. The molecule has 3 heterocycles. The number of hydrogen-bond acceptors (Lipinski definition) is 2. The molecule has 23 heavy (non-hydrogen) atoms. The molecule has 0 atom stereocenters. The van der Waals surface area contributed by atoms with Gasteiger partial charge < -0.3 is 4.98 Å². The third-order valence-electron chi connectivity index (χ3n) is 3.82. The fourth-order valence-corrected chi connectivity index (χ4v) is 3.47. The topological polar surface area (TPSA) is 36.1 Å². The lowest BCUT2D eigenvalue weighted by molar-refractivity contribution is -0.112. The molecule has 0 aliphatic carbocycles. The van der Waals surface area contributed by atoms with Crippen LogP contribution in [0.1, 0.15) is 11.3 Å². The Morgan fingerprint density at radius 3 is 2.83 bits per heavy atom. The molecule has 0 saturated carbocycles. The van der Waals surface area contributed by atoms with Gasteiger partial charge in [-0.25, -0.2) is 4.90 Å². The van der Waals surface area contributed by atoms with Crippen LogP contribution < -0.4 is 4.90 Å². The Hall–Kier alpha value is -3.03. The highest BCUT2D eigenvalue weighted by molar-refractivity contribution is 7.13. The molecule has 4 rings (SSSR count). The zero-order valence-electron chi connectivity index (χ0n) is 12.1. The van der Waals surface area contributed by atoms with E-state index in [4.69, 9.17) is 6.42 Å². The molecule has 0 fully saturated rings. The predicted octanol–water partition coefficient (Wildman–Crippen LogP) is 4.22. The van der Waals surface area contributed by atoms with Crippen LogP contribution in [0.25, 0.3) is 22.1 Å². The van der Waals surface area contributed by atoms with E-state index < -0.39 is 0 Å². The Kier molecular flexibility index (Phi) is 3.14. The lowest BCUT2D eigenvalue weighted by Crippen LogP contribution is -2.19. The molecule has 0 spiro atoms. The van der Waals surface area contributed by atoms with Crippen LogP contribution >= 0.6 is 11.3 Å². The van der Waals surface area contributed by atoms with E-state index in [2.05, 4.69) is 17.1 Å². The predicted molar refractivity (Wildman–Crippen MR) is 94.7 cm³/mol. The molecule has 0 saturated heterocycles. The highest BCUT2D eigenvalue weighted by Gasteiger charge is 2.32. The van der Waals surface area contributed by atoms with E-state index in [1.807, 2.05) is 54.1 Å². The van der Waals surface area contributed by atoms with E-state index in [0.29, 0.717) is 5.57 Å². The van der Waals surface area contributed by atoms with Crippen LogP contribution in [0.2, 0.25) is 0 Å². The van der Waals surface area contributed by atoms with Crippen molar-refractivity contribution in [2.24, 2.45) is 0 Å². The van der Waals surface area contributed by atoms with Gasteiger partial charge in [0, 0.05) is 28.4 Å². The first-order valence-electron chi connectivity index (χ1n) is 7.12. The van der Waals surface area contributed by atoms with Crippen molar-refractivity contribution >= 4 is 34.6 Å². The molecule has 1 amide bonds. The number of terminal acetylenes is 1. The maximum atomic E-state index is 12.6.